The lowest BCUT2D eigenvalue weighted by atomic mass is 10.1. The second kappa shape index (κ2) is 5.07. The summed E-state index contributed by atoms with van der Waals surface area (Å²) in [5, 5.41) is 0. The topological polar surface area (TPSA) is 51.4 Å². The number of piperidine rings is 1. The number of hydrogen-bond donors (Lipinski definition) is 1. The molecule has 0 radical (unpaired) electrons. The summed E-state index contributed by atoms with van der Waals surface area (Å²) >= 11 is 0. The van der Waals surface area contributed by atoms with E-state index in [0.29, 0.717) is 17.5 Å². The predicted molar refractivity (Wildman–Crippen MR) is 68.8 cm³/mol. The van der Waals surface area contributed by atoms with Gasteiger partial charge in [0.15, 0.2) is 0 Å². The Kier molecular flexibility index (Phi) is 3.50. The number of ether oxygens (including phenoxy) is 1. The van der Waals surface area contributed by atoms with Gasteiger partial charge in [0.05, 0.1) is 6.10 Å². The summed E-state index contributed by atoms with van der Waals surface area (Å²) in [5.41, 5.74) is 7.06. The number of terminal acetylenes is 1. The smallest absolute Gasteiger partial charge is 0.132 e. The molecule has 2 heterocycles. The third-order valence-corrected chi connectivity index (χ3v) is 3.08. The molecular weight excluding hydrogens is 214 g/mol. The van der Waals surface area contributed by atoms with Gasteiger partial charge in [-0.1, -0.05) is 5.92 Å². The molecule has 0 atom stereocenters. The molecule has 1 fully saturated rings. The molecule has 0 saturated carbocycles. The minimum absolute atomic E-state index is 0.361. The molecule has 17 heavy (non-hydrogen) atoms. The zero-order chi connectivity index (χ0) is 12.3. The van der Waals surface area contributed by atoms with E-state index in [9.17, 15) is 0 Å². The molecule has 2 N–H and O–H groups in total. The molecule has 0 bridgehead atoms. The molecular formula is C13H17N3O. The lowest BCUT2D eigenvalue weighted by molar-refractivity contribution is 0.0818. The van der Waals surface area contributed by atoms with Crippen molar-refractivity contribution in [2.75, 3.05) is 30.8 Å². The van der Waals surface area contributed by atoms with Crippen LogP contribution in [0, 0.1) is 12.3 Å². The molecule has 1 aromatic rings. The zero-order valence-electron chi connectivity index (χ0n) is 10.0. The van der Waals surface area contributed by atoms with Crippen LogP contribution in [0.3, 0.4) is 0 Å². The zero-order valence-corrected chi connectivity index (χ0v) is 10.0. The highest BCUT2D eigenvalue weighted by Gasteiger charge is 2.19. The third-order valence-electron chi connectivity index (χ3n) is 3.08. The Bertz CT molecular complexity index is 431. The van der Waals surface area contributed by atoms with Crippen LogP contribution in [-0.2, 0) is 4.74 Å². The van der Waals surface area contributed by atoms with Gasteiger partial charge in [-0.25, -0.2) is 4.98 Å². The van der Waals surface area contributed by atoms with Crippen LogP contribution in [-0.4, -0.2) is 31.3 Å². The Hall–Kier alpha value is -1.73. The Morgan fingerprint density at radius 1 is 1.47 bits per heavy atom. The molecule has 4 nitrogen and oxygen atoms in total. The van der Waals surface area contributed by atoms with Gasteiger partial charge in [0, 0.05) is 32.0 Å². The number of pyridine rings is 1. The van der Waals surface area contributed by atoms with E-state index in [2.05, 4.69) is 15.8 Å². The van der Waals surface area contributed by atoms with Crippen LogP contribution in [0.1, 0.15) is 18.5 Å². The number of anilines is 2. The third kappa shape index (κ3) is 2.69. The molecule has 1 aromatic heterocycles. The molecule has 0 aliphatic carbocycles. The SMILES string of the molecule is C#Cc1cc(N)cc(N2CCC(OC)CC2)n1. The van der Waals surface area contributed by atoms with E-state index < -0.39 is 0 Å². The average molecular weight is 231 g/mol. The van der Waals surface area contributed by atoms with Gasteiger partial charge in [-0.15, -0.1) is 6.42 Å². The van der Waals surface area contributed by atoms with Crippen LogP contribution >= 0.6 is 0 Å². The van der Waals surface area contributed by atoms with Crippen LogP contribution in [0.25, 0.3) is 0 Å². The van der Waals surface area contributed by atoms with Gasteiger partial charge in [0.1, 0.15) is 11.5 Å². The van der Waals surface area contributed by atoms with Crippen molar-refractivity contribution in [1.82, 2.24) is 4.98 Å². The van der Waals surface area contributed by atoms with Crippen LogP contribution in [0.5, 0.6) is 0 Å². The Labute approximate surface area is 102 Å². The van der Waals surface area contributed by atoms with Crippen molar-refractivity contribution in [1.29, 1.82) is 0 Å². The maximum absolute atomic E-state index is 5.81. The van der Waals surface area contributed by atoms with E-state index in [4.69, 9.17) is 16.9 Å². The van der Waals surface area contributed by atoms with E-state index in [1.807, 2.05) is 6.07 Å². The molecule has 0 amide bonds. The molecule has 0 aromatic carbocycles. The van der Waals surface area contributed by atoms with Gasteiger partial charge in [-0.05, 0) is 18.9 Å². The van der Waals surface area contributed by atoms with Crippen LogP contribution in [0.2, 0.25) is 0 Å². The van der Waals surface area contributed by atoms with Crippen LogP contribution in [0.15, 0.2) is 12.1 Å². The number of rotatable bonds is 2. The van der Waals surface area contributed by atoms with E-state index in [-0.39, 0.29) is 0 Å². The monoisotopic (exact) mass is 231 g/mol. The fourth-order valence-electron chi connectivity index (χ4n) is 2.09. The fraction of sp³-hybridized carbons (Fsp3) is 0.462. The van der Waals surface area contributed by atoms with Gasteiger partial charge < -0.3 is 15.4 Å². The highest BCUT2D eigenvalue weighted by atomic mass is 16.5. The first-order valence-electron chi connectivity index (χ1n) is 5.75. The molecule has 1 aliphatic rings. The van der Waals surface area contributed by atoms with E-state index in [0.717, 1.165) is 31.7 Å². The van der Waals surface area contributed by atoms with E-state index >= 15 is 0 Å². The standard InChI is InChI=1S/C13H17N3O/c1-3-11-8-10(14)9-13(15-11)16-6-4-12(17-2)5-7-16/h1,8-9,12H,4-7H2,2H3,(H2,14,15). The molecule has 2 rings (SSSR count). The molecule has 1 saturated heterocycles. The van der Waals surface area contributed by atoms with Crippen molar-refractivity contribution >= 4 is 11.5 Å². The van der Waals surface area contributed by atoms with Crippen molar-refractivity contribution in [3.05, 3.63) is 17.8 Å². The highest BCUT2D eigenvalue weighted by Crippen LogP contribution is 2.21. The number of nitrogen functional groups attached to an aromatic ring is 1. The van der Waals surface area contributed by atoms with Gasteiger partial charge >= 0.3 is 0 Å². The second-order valence-electron chi connectivity index (χ2n) is 4.21. The normalized spacial score (nSPS) is 16.8. The first kappa shape index (κ1) is 11.7. The quantitative estimate of drug-likeness (QED) is 0.779. The van der Waals surface area contributed by atoms with Gasteiger partial charge in [0.2, 0.25) is 0 Å². The largest absolute Gasteiger partial charge is 0.399 e. The summed E-state index contributed by atoms with van der Waals surface area (Å²) in [6.07, 6.45) is 7.74. The summed E-state index contributed by atoms with van der Waals surface area (Å²) in [5.74, 6) is 3.39. The van der Waals surface area contributed by atoms with E-state index in [1.165, 1.54) is 0 Å². The molecule has 0 spiro atoms. The number of methoxy groups -OCH3 is 1. The minimum Gasteiger partial charge on any atom is -0.399 e. The molecule has 90 valence electrons. The first-order chi connectivity index (χ1) is 8.22. The molecule has 0 unspecified atom stereocenters. The number of nitrogens with two attached hydrogens (primary N) is 1. The van der Waals surface area contributed by atoms with Gasteiger partial charge in [-0.2, -0.15) is 0 Å². The summed E-state index contributed by atoms with van der Waals surface area (Å²) in [7, 11) is 1.76. The van der Waals surface area contributed by atoms with Crippen molar-refractivity contribution in [2.24, 2.45) is 0 Å². The van der Waals surface area contributed by atoms with Crippen molar-refractivity contribution in [3.63, 3.8) is 0 Å². The highest BCUT2D eigenvalue weighted by molar-refractivity contribution is 5.54. The molecule has 4 heteroatoms. The van der Waals surface area contributed by atoms with Crippen molar-refractivity contribution in [2.45, 2.75) is 18.9 Å². The van der Waals surface area contributed by atoms with Gasteiger partial charge in [0.25, 0.3) is 0 Å². The Morgan fingerprint density at radius 2 is 2.18 bits per heavy atom. The van der Waals surface area contributed by atoms with Crippen molar-refractivity contribution < 1.29 is 4.74 Å². The lowest BCUT2D eigenvalue weighted by Gasteiger charge is -2.32. The maximum Gasteiger partial charge on any atom is 0.132 e. The average Bonchev–Trinajstić information content (AvgIpc) is 2.38. The second-order valence-corrected chi connectivity index (χ2v) is 4.21. The number of aromatic nitrogens is 1. The number of nitrogens with zero attached hydrogens (tertiary/aromatic N) is 2. The lowest BCUT2D eigenvalue weighted by Crippen LogP contribution is -2.37. The number of hydrogen-bond acceptors (Lipinski definition) is 4. The summed E-state index contributed by atoms with van der Waals surface area (Å²) in [4.78, 5) is 6.60. The summed E-state index contributed by atoms with van der Waals surface area (Å²) in [6, 6.07) is 3.58. The minimum atomic E-state index is 0.361. The van der Waals surface area contributed by atoms with Gasteiger partial charge in [-0.3, -0.25) is 0 Å². The maximum atomic E-state index is 5.81. The summed E-state index contributed by atoms with van der Waals surface area (Å²) in [6.45, 7) is 1.86. The van der Waals surface area contributed by atoms with Crippen LogP contribution < -0.4 is 10.6 Å². The van der Waals surface area contributed by atoms with Crippen LogP contribution in [0.4, 0.5) is 11.5 Å². The first-order valence-corrected chi connectivity index (χ1v) is 5.75. The predicted octanol–water partition coefficient (Wildman–Crippen LogP) is 1.26. The Balaban J connectivity index is 2.13. The van der Waals surface area contributed by atoms with Crippen molar-refractivity contribution in [3.8, 4) is 12.3 Å². The summed E-state index contributed by atoms with van der Waals surface area (Å²) < 4.78 is 5.34. The Morgan fingerprint density at radius 3 is 2.76 bits per heavy atom. The molecule has 1 aliphatic heterocycles. The fourth-order valence-corrected chi connectivity index (χ4v) is 2.09. The van der Waals surface area contributed by atoms with E-state index in [1.54, 1.807) is 13.2 Å².